The third kappa shape index (κ3) is 4.44. The summed E-state index contributed by atoms with van der Waals surface area (Å²) in [5.41, 5.74) is 0.134. The van der Waals surface area contributed by atoms with Gasteiger partial charge >= 0.3 is 6.18 Å². The number of anilines is 1. The van der Waals surface area contributed by atoms with E-state index in [9.17, 15) is 26.4 Å². The van der Waals surface area contributed by atoms with E-state index in [-0.39, 0.29) is 32.1 Å². The minimum absolute atomic E-state index is 0.0758. The van der Waals surface area contributed by atoms with Crippen LogP contribution in [0.4, 0.5) is 18.9 Å². The number of hydrogen-bond acceptors (Lipinski definition) is 4. The first kappa shape index (κ1) is 22.1. The third-order valence-electron chi connectivity index (χ3n) is 4.95. The molecule has 30 heavy (non-hydrogen) atoms. The van der Waals surface area contributed by atoms with Gasteiger partial charge in [0.1, 0.15) is 0 Å². The Bertz CT molecular complexity index is 1030. The van der Waals surface area contributed by atoms with Crippen molar-refractivity contribution >= 4 is 21.6 Å². The Kier molecular flexibility index (Phi) is 6.09. The van der Waals surface area contributed by atoms with Gasteiger partial charge in [-0.25, -0.2) is 8.42 Å². The van der Waals surface area contributed by atoms with Gasteiger partial charge in [0, 0.05) is 51.5 Å². The van der Waals surface area contributed by atoms with Crippen LogP contribution in [0.5, 0.6) is 0 Å². The fourth-order valence-corrected chi connectivity index (χ4v) is 4.93. The first-order valence-electron chi connectivity index (χ1n) is 9.25. The third-order valence-corrected chi connectivity index (χ3v) is 6.90. The van der Waals surface area contributed by atoms with E-state index in [1.165, 1.54) is 11.0 Å². The largest absolute Gasteiger partial charge is 0.417 e. The lowest BCUT2D eigenvalue weighted by Crippen LogP contribution is -2.50. The van der Waals surface area contributed by atoms with Crippen molar-refractivity contribution in [3.63, 3.8) is 0 Å². The Hall–Kier alpha value is -2.59. The smallest absolute Gasteiger partial charge is 0.378 e. The second-order valence-electron chi connectivity index (χ2n) is 7.13. The molecule has 0 saturated carbocycles. The minimum atomic E-state index is -4.78. The summed E-state index contributed by atoms with van der Waals surface area (Å²) >= 11 is 0. The highest BCUT2D eigenvalue weighted by atomic mass is 32.2. The number of halogens is 3. The molecule has 1 heterocycles. The molecule has 0 unspecified atom stereocenters. The first-order chi connectivity index (χ1) is 14.0. The Balaban J connectivity index is 1.76. The summed E-state index contributed by atoms with van der Waals surface area (Å²) in [7, 11) is -0.632. The predicted molar refractivity (Wildman–Crippen MR) is 107 cm³/mol. The van der Waals surface area contributed by atoms with E-state index in [4.69, 9.17) is 0 Å². The van der Waals surface area contributed by atoms with Crippen molar-refractivity contribution in [2.75, 3.05) is 45.2 Å². The second-order valence-corrected chi connectivity index (χ2v) is 9.04. The maximum absolute atomic E-state index is 13.3. The molecule has 2 aromatic rings. The molecule has 0 bridgehead atoms. The Labute approximate surface area is 173 Å². The normalized spacial score (nSPS) is 15.8. The maximum Gasteiger partial charge on any atom is 0.417 e. The van der Waals surface area contributed by atoms with Crippen molar-refractivity contribution in [3.05, 3.63) is 59.7 Å². The summed E-state index contributed by atoms with van der Waals surface area (Å²) in [4.78, 5) is 15.4. The zero-order valence-corrected chi connectivity index (χ0v) is 17.4. The fourth-order valence-electron chi connectivity index (χ4n) is 3.30. The van der Waals surface area contributed by atoms with Gasteiger partial charge in [-0.05, 0) is 30.3 Å². The van der Waals surface area contributed by atoms with Crippen LogP contribution in [0.1, 0.15) is 15.9 Å². The van der Waals surface area contributed by atoms with Crippen LogP contribution in [0.15, 0.2) is 53.4 Å². The molecule has 0 aliphatic carbocycles. The Morgan fingerprint density at radius 3 is 2.20 bits per heavy atom. The lowest BCUT2D eigenvalue weighted by molar-refractivity contribution is -0.139. The summed E-state index contributed by atoms with van der Waals surface area (Å²) in [5.74, 6) is -0.244. The lowest BCUT2D eigenvalue weighted by Gasteiger charge is -2.34. The SMILES string of the molecule is CN(C)c1cccc(C(=O)N2CCN(S(=O)(=O)c3ccccc3C(F)(F)F)CC2)c1. The van der Waals surface area contributed by atoms with E-state index < -0.39 is 26.7 Å². The van der Waals surface area contributed by atoms with E-state index in [0.717, 1.165) is 28.2 Å². The number of rotatable bonds is 4. The van der Waals surface area contributed by atoms with Crippen LogP contribution < -0.4 is 4.90 Å². The molecule has 0 N–H and O–H groups in total. The average Bonchev–Trinajstić information content (AvgIpc) is 2.72. The summed E-state index contributed by atoms with van der Waals surface area (Å²) in [5, 5.41) is 0. The zero-order chi connectivity index (χ0) is 22.1. The van der Waals surface area contributed by atoms with Crippen molar-refractivity contribution in [2.24, 2.45) is 0 Å². The molecule has 162 valence electrons. The molecule has 1 aliphatic rings. The van der Waals surface area contributed by atoms with Crippen LogP contribution in [0.25, 0.3) is 0 Å². The number of piperazine rings is 1. The van der Waals surface area contributed by atoms with E-state index in [1.54, 1.807) is 18.2 Å². The van der Waals surface area contributed by atoms with Gasteiger partial charge in [-0.3, -0.25) is 4.79 Å². The van der Waals surface area contributed by atoms with Crippen LogP contribution in [0.2, 0.25) is 0 Å². The fraction of sp³-hybridized carbons (Fsp3) is 0.350. The molecule has 0 radical (unpaired) electrons. The molecule has 0 spiro atoms. The van der Waals surface area contributed by atoms with E-state index in [1.807, 2.05) is 25.1 Å². The summed E-state index contributed by atoms with van der Waals surface area (Å²) in [6.07, 6.45) is -4.78. The monoisotopic (exact) mass is 441 g/mol. The van der Waals surface area contributed by atoms with Crippen LogP contribution in [0.3, 0.4) is 0 Å². The first-order valence-corrected chi connectivity index (χ1v) is 10.7. The topological polar surface area (TPSA) is 60.9 Å². The molecule has 1 saturated heterocycles. The zero-order valence-electron chi connectivity index (χ0n) is 16.6. The van der Waals surface area contributed by atoms with Crippen molar-refractivity contribution in [3.8, 4) is 0 Å². The standard InChI is InChI=1S/C20H22F3N3O3S/c1-24(2)16-7-5-6-15(14-16)19(27)25-10-12-26(13-11-25)30(28,29)18-9-4-3-8-17(18)20(21,22)23/h3-9,14H,10-13H2,1-2H3. The minimum Gasteiger partial charge on any atom is -0.378 e. The highest BCUT2D eigenvalue weighted by Gasteiger charge is 2.39. The van der Waals surface area contributed by atoms with Crippen molar-refractivity contribution in [2.45, 2.75) is 11.1 Å². The Morgan fingerprint density at radius 1 is 0.967 bits per heavy atom. The van der Waals surface area contributed by atoms with E-state index in [0.29, 0.717) is 5.56 Å². The number of carbonyl (C=O) groups is 1. The van der Waals surface area contributed by atoms with Crippen molar-refractivity contribution in [1.29, 1.82) is 0 Å². The second kappa shape index (κ2) is 8.27. The number of hydrogen-bond donors (Lipinski definition) is 0. The van der Waals surface area contributed by atoms with Crippen LogP contribution in [-0.2, 0) is 16.2 Å². The summed E-state index contributed by atoms with van der Waals surface area (Å²) in [6, 6.07) is 11.2. The van der Waals surface area contributed by atoms with Gasteiger partial charge in [-0.2, -0.15) is 17.5 Å². The van der Waals surface area contributed by atoms with Crippen molar-refractivity contribution < 1.29 is 26.4 Å². The predicted octanol–water partition coefficient (Wildman–Crippen LogP) is 2.92. The number of carbonyl (C=O) groups excluding carboxylic acids is 1. The summed E-state index contributed by atoms with van der Waals surface area (Å²) < 4.78 is 66.4. The quantitative estimate of drug-likeness (QED) is 0.732. The molecular formula is C20H22F3N3O3S. The highest BCUT2D eigenvalue weighted by molar-refractivity contribution is 7.89. The van der Waals surface area contributed by atoms with Gasteiger partial charge in [0.05, 0.1) is 10.5 Å². The molecule has 1 amide bonds. The van der Waals surface area contributed by atoms with Crippen LogP contribution >= 0.6 is 0 Å². The number of sulfonamides is 1. The number of amides is 1. The molecule has 1 fully saturated rings. The van der Waals surface area contributed by atoms with Crippen LogP contribution in [0, 0.1) is 0 Å². The van der Waals surface area contributed by atoms with Crippen LogP contribution in [-0.4, -0.2) is 63.8 Å². The van der Waals surface area contributed by atoms with Gasteiger partial charge in [0.25, 0.3) is 5.91 Å². The number of benzene rings is 2. The molecule has 0 aromatic heterocycles. The number of alkyl halides is 3. The Morgan fingerprint density at radius 2 is 1.60 bits per heavy atom. The van der Waals surface area contributed by atoms with Gasteiger partial charge in [-0.1, -0.05) is 18.2 Å². The lowest BCUT2D eigenvalue weighted by atomic mass is 10.1. The van der Waals surface area contributed by atoms with Crippen molar-refractivity contribution in [1.82, 2.24) is 9.21 Å². The molecule has 10 heteroatoms. The molecule has 3 rings (SSSR count). The van der Waals surface area contributed by atoms with Gasteiger partial charge < -0.3 is 9.80 Å². The van der Waals surface area contributed by atoms with Gasteiger partial charge in [0.2, 0.25) is 10.0 Å². The maximum atomic E-state index is 13.3. The summed E-state index contributed by atoms with van der Waals surface area (Å²) in [6.45, 7) is 0.0398. The van der Waals surface area contributed by atoms with Gasteiger partial charge in [-0.15, -0.1) is 0 Å². The number of nitrogens with zero attached hydrogens (tertiary/aromatic N) is 3. The van der Waals surface area contributed by atoms with E-state index in [2.05, 4.69) is 0 Å². The molecule has 2 aromatic carbocycles. The molecule has 0 atom stereocenters. The van der Waals surface area contributed by atoms with Gasteiger partial charge in [0.15, 0.2) is 0 Å². The molecular weight excluding hydrogens is 419 g/mol. The molecule has 6 nitrogen and oxygen atoms in total. The highest BCUT2D eigenvalue weighted by Crippen LogP contribution is 2.35. The molecule has 1 aliphatic heterocycles. The average molecular weight is 441 g/mol. The van der Waals surface area contributed by atoms with E-state index >= 15 is 0 Å².